The molecular weight excluding hydrogens is 355 g/mol. The van der Waals surface area contributed by atoms with Gasteiger partial charge in [-0.15, -0.1) is 0 Å². The standard InChI is InChI=1S/C19H21FN2O3S/c20-15-7-11-18(12-8-15)26(24,25)22-17-9-5-14(6-10-17)13-19(23)21-16-3-1-2-4-16/h5-12,16,22H,1-4,13H2,(H,21,23). The number of nitrogens with one attached hydrogen (secondary N) is 2. The maximum atomic E-state index is 12.9. The van der Waals surface area contributed by atoms with Crippen molar-refractivity contribution in [2.45, 2.75) is 43.0 Å². The fourth-order valence-electron chi connectivity index (χ4n) is 3.05. The van der Waals surface area contributed by atoms with Crippen LogP contribution >= 0.6 is 0 Å². The van der Waals surface area contributed by atoms with E-state index in [4.69, 9.17) is 0 Å². The Labute approximate surface area is 152 Å². The Morgan fingerprint density at radius 3 is 2.23 bits per heavy atom. The maximum absolute atomic E-state index is 12.9. The molecule has 7 heteroatoms. The van der Waals surface area contributed by atoms with Crippen molar-refractivity contribution in [1.29, 1.82) is 0 Å². The second kappa shape index (κ2) is 7.86. The molecule has 0 atom stereocenters. The first-order chi connectivity index (χ1) is 12.4. The number of hydrogen-bond donors (Lipinski definition) is 2. The summed E-state index contributed by atoms with van der Waals surface area (Å²) in [5.41, 5.74) is 1.19. The summed E-state index contributed by atoms with van der Waals surface area (Å²) < 4.78 is 39.9. The minimum Gasteiger partial charge on any atom is -0.353 e. The highest BCUT2D eigenvalue weighted by molar-refractivity contribution is 7.92. The van der Waals surface area contributed by atoms with Crippen molar-refractivity contribution in [3.63, 3.8) is 0 Å². The van der Waals surface area contributed by atoms with E-state index in [0.29, 0.717) is 5.69 Å². The lowest BCUT2D eigenvalue weighted by molar-refractivity contribution is -0.121. The molecule has 0 radical (unpaired) electrons. The summed E-state index contributed by atoms with van der Waals surface area (Å²) in [5, 5.41) is 3.03. The highest BCUT2D eigenvalue weighted by Gasteiger charge is 2.17. The van der Waals surface area contributed by atoms with Gasteiger partial charge in [-0.25, -0.2) is 12.8 Å². The zero-order chi connectivity index (χ0) is 18.6. The van der Waals surface area contributed by atoms with Gasteiger partial charge in [0.2, 0.25) is 5.91 Å². The average molecular weight is 376 g/mol. The molecule has 2 aromatic rings. The topological polar surface area (TPSA) is 75.3 Å². The summed E-state index contributed by atoms with van der Waals surface area (Å²) in [6.45, 7) is 0. The highest BCUT2D eigenvalue weighted by atomic mass is 32.2. The van der Waals surface area contributed by atoms with Gasteiger partial charge in [0.15, 0.2) is 0 Å². The lowest BCUT2D eigenvalue weighted by Crippen LogP contribution is -2.33. The van der Waals surface area contributed by atoms with Crippen molar-refractivity contribution >= 4 is 21.6 Å². The largest absolute Gasteiger partial charge is 0.353 e. The molecule has 3 rings (SSSR count). The van der Waals surface area contributed by atoms with Gasteiger partial charge in [-0.2, -0.15) is 0 Å². The van der Waals surface area contributed by atoms with Crippen LogP contribution < -0.4 is 10.0 Å². The first-order valence-electron chi connectivity index (χ1n) is 8.59. The van der Waals surface area contributed by atoms with Crippen LogP contribution in [-0.4, -0.2) is 20.4 Å². The molecule has 0 aromatic heterocycles. The van der Waals surface area contributed by atoms with E-state index in [1.807, 2.05) is 0 Å². The summed E-state index contributed by atoms with van der Waals surface area (Å²) >= 11 is 0. The van der Waals surface area contributed by atoms with E-state index in [2.05, 4.69) is 10.0 Å². The molecule has 5 nitrogen and oxygen atoms in total. The smallest absolute Gasteiger partial charge is 0.261 e. The maximum Gasteiger partial charge on any atom is 0.261 e. The first-order valence-corrected chi connectivity index (χ1v) is 10.1. The summed E-state index contributed by atoms with van der Waals surface area (Å²) in [7, 11) is -3.78. The number of anilines is 1. The van der Waals surface area contributed by atoms with Crippen molar-refractivity contribution in [1.82, 2.24) is 5.32 Å². The van der Waals surface area contributed by atoms with Crippen LogP contribution in [0.5, 0.6) is 0 Å². The van der Waals surface area contributed by atoms with Gasteiger partial charge in [-0.05, 0) is 54.8 Å². The molecule has 1 amide bonds. The zero-order valence-electron chi connectivity index (χ0n) is 14.2. The van der Waals surface area contributed by atoms with Crippen molar-refractivity contribution in [2.24, 2.45) is 0 Å². The van der Waals surface area contributed by atoms with Gasteiger partial charge < -0.3 is 5.32 Å². The third-order valence-electron chi connectivity index (χ3n) is 4.42. The van der Waals surface area contributed by atoms with E-state index in [1.54, 1.807) is 24.3 Å². The first kappa shape index (κ1) is 18.4. The Bertz CT molecular complexity index is 859. The van der Waals surface area contributed by atoms with E-state index in [1.165, 1.54) is 12.1 Å². The van der Waals surface area contributed by atoms with E-state index in [0.717, 1.165) is 43.4 Å². The predicted octanol–water partition coefficient (Wildman–Crippen LogP) is 3.23. The summed E-state index contributed by atoms with van der Waals surface area (Å²) in [4.78, 5) is 12.0. The second-order valence-electron chi connectivity index (χ2n) is 6.48. The van der Waals surface area contributed by atoms with E-state index in [-0.39, 0.29) is 23.3 Å². The molecule has 138 valence electrons. The number of amides is 1. The van der Waals surface area contributed by atoms with Gasteiger partial charge in [0, 0.05) is 11.7 Å². The third kappa shape index (κ3) is 4.82. The monoisotopic (exact) mass is 376 g/mol. The number of carbonyl (C=O) groups is 1. The number of sulfonamides is 1. The fourth-order valence-corrected chi connectivity index (χ4v) is 4.11. The van der Waals surface area contributed by atoms with Crippen molar-refractivity contribution in [3.05, 3.63) is 59.9 Å². The fraction of sp³-hybridized carbons (Fsp3) is 0.316. The second-order valence-corrected chi connectivity index (χ2v) is 8.16. The van der Waals surface area contributed by atoms with E-state index >= 15 is 0 Å². The molecule has 0 aliphatic heterocycles. The van der Waals surface area contributed by atoms with Gasteiger partial charge in [-0.3, -0.25) is 9.52 Å². The molecular formula is C19H21FN2O3S. The Morgan fingerprint density at radius 2 is 1.62 bits per heavy atom. The number of hydrogen-bond acceptors (Lipinski definition) is 3. The SMILES string of the molecule is O=C(Cc1ccc(NS(=O)(=O)c2ccc(F)cc2)cc1)NC1CCCC1. The minimum absolute atomic E-state index is 0.0149. The van der Waals surface area contributed by atoms with Crippen LogP contribution in [0.1, 0.15) is 31.2 Å². The third-order valence-corrected chi connectivity index (χ3v) is 5.81. The molecule has 1 aliphatic rings. The normalized spacial score (nSPS) is 15.0. The van der Waals surface area contributed by atoms with Gasteiger partial charge in [0.1, 0.15) is 5.82 Å². The Morgan fingerprint density at radius 1 is 1.00 bits per heavy atom. The molecule has 0 heterocycles. The molecule has 1 fully saturated rings. The van der Waals surface area contributed by atoms with Crippen LogP contribution in [0.2, 0.25) is 0 Å². The van der Waals surface area contributed by atoms with Gasteiger partial charge >= 0.3 is 0 Å². The zero-order valence-corrected chi connectivity index (χ0v) is 15.1. The van der Waals surface area contributed by atoms with Crippen LogP contribution in [0.15, 0.2) is 53.4 Å². The molecule has 0 spiro atoms. The summed E-state index contributed by atoms with van der Waals surface area (Å²) in [6, 6.07) is 11.6. The van der Waals surface area contributed by atoms with Crippen LogP contribution in [0.4, 0.5) is 10.1 Å². The molecule has 26 heavy (non-hydrogen) atoms. The Kier molecular flexibility index (Phi) is 5.56. The van der Waals surface area contributed by atoms with E-state index < -0.39 is 15.8 Å². The predicted molar refractivity (Wildman–Crippen MR) is 97.8 cm³/mol. The van der Waals surface area contributed by atoms with Gasteiger partial charge in [-0.1, -0.05) is 25.0 Å². The average Bonchev–Trinajstić information content (AvgIpc) is 3.09. The quantitative estimate of drug-likeness (QED) is 0.813. The number of carbonyl (C=O) groups excluding carboxylic acids is 1. The van der Waals surface area contributed by atoms with Crippen molar-refractivity contribution in [2.75, 3.05) is 4.72 Å². The van der Waals surface area contributed by atoms with Gasteiger partial charge in [0.25, 0.3) is 10.0 Å². The van der Waals surface area contributed by atoms with Crippen molar-refractivity contribution in [3.8, 4) is 0 Å². The lowest BCUT2D eigenvalue weighted by atomic mass is 10.1. The lowest BCUT2D eigenvalue weighted by Gasteiger charge is -2.12. The Balaban J connectivity index is 1.60. The van der Waals surface area contributed by atoms with E-state index in [9.17, 15) is 17.6 Å². The molecule has 0 saturated heterocycles. The van der Waals surface area contributed by atoms with Crippen LogP contribution in [0.3, 0.4) is 0 Å². The number of halogens is 1. The molecule has 2 aromatic carbocycles. The molecule has 1 aliphatic carbocycles. The number of benzene rings is 2. The molecule has 2 N–H and O–H groups in total. The van der Waals surface area contributed by atoms with Crippen LogP contribution in [0, 0.1) is 5.82 Å². The molecule has 1 saturated carbocycles. The number of rotatable bonds is 6. The summed E-state index contributed by atoms with van der Waals surface area (Å²) in [6.07, 6.45) is 4.66. The van der Waals surface area contributed by atoms with Crippen LogP contribution in [-0.2, 0) is 21.2 Å². The minimum atomic E-state index is -3.78. The molecule has 0 bridgehead atoms. The molecule has 0 unspecified atom stereocenters. The van der Waals surface area contributed by atoms with Crippen LogP contribution in [0.25, 0.3) is 0 Å². The van der Waals surface area contributed by atoms with Crippen molar-refractivity contribution < 1.29 is 17.6 Å². The summed E-state index contributed by atoms with van der Waals surface area (Å²) in [5.74, 6) is -0.513. The van der Waals surface area contributed by atoms with Gasteiger partial charge in [0.05, 0.1) is 11.3 Å². The highest BCUT2D eigenvalue weighted by Crippen LogP contribution is 2.19. The Hall–Kier alpha value is -2.41.